The lowest BCUT2D eigenvalue weighted by Gasteiger charge is -2.24. The number of aryl methyl sites for hydroxylation is 1. The van der Waals surface area contributed by atoms with Crippen molar-refractivity contribution in [2.75, 3.05) is 13.1 Å². The van der Waals surface area contributed by atoms with Crippen LogP contribution in [0, 0.1) is 5.92 Å². The van der Waals surface area contributed by atoms with Gasteiger partial charge in [0.25, 0.3) is 0 Å². The second kappa shape index (κ2) is 8.58. The standard InChI is InChI=1S/C19H26F3N3O/c1-3-14(6-7-16(4-2)19(20,21)22)11-24-8-5-9-25-12-15(18(23)26)10-17(25)13-24/h4,6-7,10,12,14H,3,5,8-9,11,13H2,1-2H3,(H2,23,26). The number of primary amides is 1. The molecule has 0 saturated heterocycles. The molecule has 0 aliphatic carbocycles. The van der Waals surface area contributed by atoms with E-state index in [1.165, 1.54) is 13.0 Å². The van der Waals surface area contributed by atoms with Gasteiger partial charge in [-0.3, -0.25) is 9.69 Å². The Bertz CT molecular complexity index is 689. The first kappa shape index (κ1) is 20.3. The number of fused-ring (bicyclic) bond motifs is 1. The molecule has 0 saturated carbocycles. The molecule has 2 N–H and O–H groups in total. The lowest BCUT2D eigenvalue weighted by atomic mass is 10.0. The van der Waals surface area contributed by atoms with Crippen LogP contribution in [-0.2, 0) is 13.1 Å². The fourth-order valence-corrected chi connectivity index (χ4v) is 3.21. The normalized spacial score (nSPS) is 18.0. The molecular formula is C19H26F3N3O. The number of rotatable bonds is 6. The van der Waals surface area contributed by atoms with Crippen molar-refractivity contribution in [3.63, 3.8) is 0 Å². The summed E-state index contributed by atoms with van der Waals surface area (Å²) in [5.74, 6) is -0.415. The molecule has 0 radical (unpaired) electrons. The van der Waals surface area contributed by atoms with E-state index in [4.69, 9.17) is 5.73 Å². The van der Waals surface area contributed by atoms with Crippen LogP contribution in [0.2, 0.25) is 0 Å². The van der Waals surface area contributed by atoms with Gasteiger partial charge < -0.3 is 10.3 Å². The van der Waals surface area contributed by atoms with Gasteiger partial charge in [-0.25, -0.2) is 0 Å². The number of hydrogen-bond donors (Lipinski definition) is 1. The van der Waals surface area contributed by atoms with Gasteiger partial charge >= 0.3 is 6.18 Å². The average Bonchev–Trinajstić information content (AvgIpc) is 2.86. The van der Waals surface area contributed by atoms with Crippen LogP contribution in [0.1, 0.15) is 42.7 Å². The van der Waals surface area contributed by atoms with Crippen LogP contribution in [0.25, 0.3) is 0 Å². The van der Waals surface area contributed by atoms with Gasteiger partial charge in [0.1, 0.15) is 0 Å². The number of carbonyl (C=O) groups is 1. The molecule has 0 spiro atoms. The van der Waals surface area contributed by atoms with E-state index in [2.05, 4.69) is 4.90 Å². The van der Waals surface area contributed by atoms with Crippen LogP contribution in [-0.4, -0.2) is 34.6 Å². The monoisotopic (exact) mass is 369 g/mol. The third-order valence-electron chi connectivity index (χ3n) is 4.73. The second-order valence-corrected chi connectivity index (χ2v) is 6.64. The van der Waals surface area contributed by atoms with E-state index in [0.717, 1.165) is 37.7 Å². The Balaban J connectivity index is 2.06. The molecule has 0 bridgehead atoms. The van der Waals surface area contributed by atoms with Gasteiger partial charge in [0.2, 0.25) is 5.91 Å². The minimum atomic E-state index is -4.32. The summed E-state index contributed by atoms with van der Waals surface area (Å²) in [5, 5.41) is 0. The van der Waals surface area contributed by atoms with Crippen molar-refractivity contribution in [2.45, 2.75) is 46.0 Å². The third kappa shape index (κ3) is 5.24. The van der Waals surface area contributed by atoms with E-state index in [1.54, 1.807) is 18.3 Å². The molecule has 1 aliphatic heterocycles. The topological polar surface area (TPSA) is 51.3 Å². The molecular weight excluding hydrogens is 343 g/mol. The highest BCUT2D eigenvalue weighted by Gasteiger charge is 2.31. The van der Waals surface area contributed by atoms with E-state index in [-0.39, 0.29) is 5.92 Å². The molecule has 1 amide bonds. The number of carbonyl (C=O) groups excluding carboxylic acids is 1. The maximum Gasteiger partial charge on any atom is 0.416 e. The Morgan fingerprint density at radius 3 is 2.69 bits per heavy atom. The first-order valence-corrected chi connectivity index (χ1v) is 8.87. The number of nitrogens with zero attached hydrogens (tertiary/aromatic N) is 2. The molecule has 2 heterocycles. The quantitative estimate of drug-likeness (QED) is 0.774. The number of nitrogens with two attached hydrogens (primary N) is 1. The highest BCUT2D eigenvalue weighted by atomic mass is 19.4. The van der Waals surface area contributed by atoms with Crippen LogP contribution >= 0.6 is 0 Å². The number of halogens is 3. The highest BCUT2D eigenvalue weighted by Crippen LogP contribution is 2.27. The average molecular weight is 369 g/mol. The predicted octanol–water partition coefficient (Wildman–Crippen LogP) is 3.88. The summed E-state index contributed by atoms with van der Waals surface area (Å²) in [4.78, 5) is 13.6. The number of aromatic nitrogens is 1. The van der Waals surface area contributed by atoms with E-state index in [1.807, 2.05) is 11.5 Å². The molecule has 26 heavy (non-hydrogen) atoms. The Kier molecular flexibility index (Phi) is 6.69. The summed E-state index contributed by atoms with van der Waals surface area (Å²) < 4.78 is 40.6. The number of hydrogen-bond acceptors (Lipinski definition) is 2. The summed E-state index contributed by atoms with van der Waals surface area (Å²) in [6, 6.07) is 1.80. The Labute approximate surface area is 152 Å². The van der Waals surface area contributed by atoms with Crippen LogP contribution < -0.4 is 5.73 Å². The van der Waals surface area contributed by atoms with Crippen molar-refractivity contribution in [3.8, 4) is 0 Å². The van der Waals surface area contributed by atoms with Crippen molar-refractivity contribution in [1.29, 1.82) is 0 Å². The lowest BCUT2D eigenvalue weighted by Crippen LogP contribution is -2.28. The molecule has 144 valence electrons. The SMILES string of the molecule is CC=C(C=CC(CC)CN1CCCn2cc(C(N)=O)cc2C1)C(F)(F)F. The molecule has 1 aromatic rings. The molecule has 1 aliphatic rings. The van der Waals surface area contributed by atoms with Gasteiger partial charge in [-0.15, -0.1) is 0 Å². The van der Waals surface area contributed by atoms with E-state index in [0.29, 0.717) is 18.7 Å². The molecule has 1 unspecified atom stereocenters. The largest absolute Gasteiger partial charge is 0.416 e. The fraction of sp³-hybridized carbons (Fsp3) is 0.526. The van der Waals surface area contributed by atoms with E-state index >= 15 is 0 Å². The maximum atomic E-state index is 12.8. The highest BCUT2D eigenvalue weighted by molar-refractivity contribution is 5.92. The first-order valence-electron chi connectivity index (χ1n) is 8.87. The van der Waals surface area contributed by atoms with Gasteiger partial charge in [0, 0.05) is 38.1 Å². The number of amides is 1. The van der Waals surface area contributed by atoms with E-state index in [9.17, 15) is 18.0 Å². The second-order valence-electron chi connectivity index (χ2n) is 6.64. The smallest absolute Gasteiger partial charge is 0.366 e. The van der Waals surface area contributed by atoms with Crippen molar-refractivity contribution < 1.29 is 18.0 Å². The van der Waals surface area contributed by atoms with Gasteiger partial charge in [-0.05, 0) is 31.7 Å². The fourth-order valence-electron chi connectivity index (χ4n) is 3.21. The molecule has 4 nitrogen and oxygen atoms in total. The minimum absolute atomic E-state index is 0.0319. The van der Waals surface area contributed by atoms with Gasteiger partial charge in [0.05, 0.1) is 11.1 Å². The number of alkyl halides is 3. The van der Waals surface area contributed by atoms with Gasteiger partial charge in [0.15, 0.2) is 0 Å². The lowest BCUT2D eigenvalue weighted by molar-refractivity contribution is -0.0883. The van der Waals surface area contributed by atoms with E-state index < -0.39 is 17.7 Å². The Hall–Kier alpha value is -2.02. The molecule has 0 aromatic carbocycles. The zero-order valence-corrected chi connectivity index (χ0v) is 15.2. The van der Waals surface area contributed by atoms with Crippen LogP contribution in [0.4, 0.5) is 13.2 Å². The van der Waals surface area contributed by atoms with Crippen molar-refractivity contribution in [3.05, 3.63) is 47.3 Å². The summed E-state index contributed by atoms with van der Waals surface area (Å²) in [5.41, 5.74) is 6.24. The molecule has 1 atom stereocenters. The molecule has 7 heteroatoms. The third-order valence-corrected chi connectivity index (χ3v) is 4.73. The van der Waals surface area contributed by atoms with Crippen molar-refractivity contribution >= 4 is 5.91 Å². The maximum absolute atomic E-state index is 12.8. The molecule has 2 rings (SSSR count). The van der Waals surface area contributed by atoms with Gasteiger partial charge in [-0.1, -0.05) is 25.2 Å². The zero-order valence-electron chi connectivity index (χ0n) is 15.2. The van der Waals surface area contributed by atoms with Crippen LogP contribution in [0.15, 0.2) is 36.1 Å². The summed E-state index contributed by atoms with van der Waals surface area (Å²) in [6.45, 7) is 6.39. The zero-order chi connectivity index (χ0) is 19.3. The predicted molar refractivity (Wildman–Crippen MR) is 95.6 cm³/mol. The van der Waals surface area contributed by atoms with Crippen LogP contribution in [0.3, 0.4) is 0 Å². The van der Waals surface area contributed by atoms with Gasteiger partial charge in [-0.2, -0.15) is 13.2 Å². The summed E-state index contributed by atoms with van der Waals surface area (Å²) >= 11 is 0. The summed E-state index contributed by atoms with van der Waals surface area (Å²) in [6.07, 6.45) is 3.06. The van der Waals surface area contributed by atoms with Crippen molar-refractivity contribution in [2.24, 2.45) is 11.7 Å². The Morgan fingerprint density at radius 2 is 2.12 bits per heavy atom. The molecule has 0 fully saturated rings. The first-order chi connectivity index (χ1) is 12.2. The minimum Gasteiger partial charge on any atom is -0.366 e. The summed E-state index contributed by atoms with van der Waals surface area (Å²) in [7, 11) is 0. The molecule has 1 aromatic heterocycles. The van der Waals surface area contributed by atoms with Crippen molar-refractivity contribution in [1.82, 2.24) is 9.47 Å². The number of allylic oxidation sites excluding steroid dienone is 3. The van der Waals surface area contributed by atoms with Crippen LogP contribution in [0.5, 0.6) is 0 Å². The Morgan fingerprint density at radius 1 is 1.38 bits per heavy atom.